The summed E-state index contributed by atoms with van der Waals surface area (Å²) in [5, 5.41) is 2.75. The largest absolute Gasteiger partial charge is 0.484 e. The number of hydrogen-bond acceptors (Lipinski definition) is 7. The van der Waals surface area contributed by atoms with Crippen molar-refractivity contribution in [2.45, 2.75) is 62.4 Å². The highest BCUT2D eigenvalue weighted by molar-refractivity contribution is 7.98. The van der Waals surface area contributed by atoms with Gasteiger partial charge >= 0.3 is 5.97 Å². The van der Waals surface area contributed by atoms with E-state index in [4.69, 9.17) is 9.47 Å². The van der Waals surface area contributed by atoms with E-state index in [0.717, 1.165) is 40.0 Å². The monoisotopic (exact) mass is 597 g/mol. The second-order valence-electron chi connectivity index (χ2n) is 10.4. The number of benzene rings is 3. The van der Waals surface area contributed by atoms with Crippen molar-refractivity contribution in [3.05, 3.63) is 113 Å². The second kappa shape index (κ2) is 14.2. The lowest BCUT2D eigenvalue weighted by molar-refractivity contribution is -0.144. The highest BCUT2D eigenvalue weighted by Crippen LogP contribution is 2.38. The molecule has 8 nitrogen and oxygen atoms in total. The second-order valence-corrected chi connectivity index (χ2v) is 11.4. The molecule has 0 radical (unpaired) electrons. The zero-order valence-electron chi connectivity index (χ0n) is 24.3. The van der Waals surface area contributed by atoms with Crippen LogP contribution in [0.15, 0.2) is 90.3 Å². The first-order valence-electron chi connectivity index (χ1n) is 14.5. The first-order valence-corrected chi connectivity index (χ1v) is 15.5. The molecule has 0 saturated heterocycles. The predicted molar refractivity (Wildman–Crippen MR) is 165 cm³/mol. The zero-order chi connectivity index (χ0) is 30.2. The van der Waals surface area contributed by atoms with E-state index < -0.39 is 12.0 Å². The molecule has 4 aromatic rings. The summed E-state index contributed by atoms with van der Waals surface area (Å²) in [4.78, 5) is 43.1. The van der Waals surface area contributed by atoms with Crippen LogP contribution in [0.4, 0.5) is 0 Å². The lowest BCUT2D eigenvalue weighted by Gasteiger charge is -2.26. The van der Waals surface area contributed by atoms with Gasteiger partial charge in [0.2, 0.25) is 0 Å². The predicted octanol–water partition coefficient (Wildman–Crippen LogP) is 6.20. The van der Waals surface area contributed by atoms with Crippen molar-refractivity contribution in [3.63, 3.8) is 0 Å². The Kier molecular flexibility index (Phi) is 9.94. The summed E-state index contributed by atoms with van der Waals surface area (Å²) < 4.78 is 13.8. The third-order valence-electron chi connectivity index (χ3n) is 7.39. The van der Waals surface area contributed by atoms with Crippen LogP contribution in [0.1, 0.15) is 70.2 Å². The fourth-order valence-electron chi connectivity index (χ4n) is 5.20. The third-order valence-corrected chi connectivity index (χ3v) is 8.49. The molecule has 0 bridgehead atoms. The van der Waals surface area contributed by atoms with Crippen molar-refractivity contribution in [2.75, 3.05) is 6.61 Å². The average molecular weight is 598 g/mol. The van der Waals surface area contributed by atoms with E-state index in [1.54, 1.807) is 38.5 Å². The molecule has 1 aromatic heterocycles. The molecule has 2 atom stereocenters. The Balaban J connectivity index is 1.44. The Labute approximate surface area is 255 Å². The van der Waals surface area contributed by atoms with Crippen molar-refractivity contribution >= 4 is 29.4 Å². The number of amides is 1. The van der Waals surface area contributed by atoms with Gasteiger partial charge in [-0.15, -0.1) is 11.8 Å². The number of Topliss-reactive ketones (excluding diaryl/α,β-unsaturated/α-hetero) is 1. The highest BCUT2D eigenvalue weighted by Gasteiger charge is 2.26. The number of ketones is 1. The van der Waals surface area contributed by atoms with Gasteiger partial charge in [-0.2, -0.15) is 0 Å². The van der Waals surface area contributed by atoms with Crippen molar-refractivity contribution in [1.82, 2.24) is 14.9 Å². The van der Waals surface area contributed by atoms with Crippen LogP contribution in [0.3, 0.4) is 0 Å². The van der Waals surface area contributed by atoms with Crippen LogP contribution in [0.5, 0.6) is 5.75 Å². The highest BCUT2D eigenvalue weighted by atomic mass is 32.2. The number of hydrogen-bond donors (Lipinski definition) is 1. The first-order chi connectivity index (χ1) is 20.9. The van der Waals surface area contributed by atoms with E-state index in [1.807, 2.05) is 65.4 Å². The van der Waals surface area contributed by atoms with Crippen LogP contribution in [-0.4, -0.2) is 39.9 Å². The Morgan fingerprint density at radius 1 is 1.05 bits per heavy atom. The Hall–Kier alpha value is -4.37. The zero-order valence-corrected chi connectivity index (χ0v) is 25.1. The Bertz CT molecular complexity index is 1570. The van der Waals surface area contributed by atoms with Crippen molar-refractivity contribution in [2.24, 2.45) is 0 Å². The van der Waals surface area contributed by atoms with Gasteiger partial charge in [0.15, 0.2) is 5.78 Å². The molecule has 222 valence electrons. The fraction of sp³-hybridized carbons (Fsp3) is 0.294. The summed E-state index contributed by atoms with van der Waals surface area (Å²) in [6, 6.07) is 20.4. The Morgan fingerprint density at radius 3 is 2.60 bits per heavy atom. The number of thioether (sulfide) groups is 1. The summed E-state index contributed by atoms with van der Waals surface area (Å²) in [6.07, 6.45) is 7.24. The normalized spacial score (nSPS) is 14.0. The van der Waals surface area contributed by atoms with Crippen LogP contribution in [0.25, 0.3) is 0 Å². The van der Waals surface area contributed by atoms with Crippen LogP contribution >= 0.6 is 11.8 Å². The van der Waals surface area contributed by atoms with Crippen LogP contribution in [-0.2, 0) is 28.2 Å². The molecular formula is C34H35N3O5S. The third kappa shape index (κ3) is 7.35. The number of nitrogens with zero attached hydrogens (tertiary/aromatic N) is 2. The standard InChI is InChI=1S/C34H35N3O5S/c1-3-41-34(40)23(2)36-33(39)27-12-7-8-15-32(27)43-21-28-25-13-9-14-29(38)26(25)16-17-30(28)42-31(20-37-19-18-35-22-37)24-10-5-4-6-11-24/h4-8,10-12,15-19,22-23,31H,3,9,13-14,20-21H2,1-2H3,(H,36,39)/t23?,31-/m1/s1. The lowest BCUT2D eigenvalue weighted by Crippen LogP contribution is -2.39. The fourth-order valence-corrected chi connectivity index (χ4v) is 6.30. The Morgan fingerprint density at radius 2 is 1.84 bits per heavy atom. The molecule has 5 rings (SSSR count). The minimum absolute atomic E-state index is 0.143. The minimum Gasteiger partial charge on any atom is -0.484 e. The quantitative estimate of drug-likeness (QED) is 0.153. The summed E-state index contributed by atoms with van der Waals surface area (Å²) in [6.45, 7) is 4.14. The number of fused-ring (bicyclic) bond motifs is 1. The number of esters is 1. The number of rotatable bonds is 12. The van der Waals surface area contributed by atoms with Gasteiger partial charge in [-0.1, -0.05) is 42.5 Å². The number of nitrogens with one attached hydrogen (secondary N) is 1. The summed E-state index contributed by atoms with van der Waals surface area (Å²) >= 11 is 1.51. The number of carbonyl (C=O) groups excluding carboxylic acids is 3. The van der Waals surface area contributed by atoms with Crippen molar-refractivity contribution < 1.29 is 23.9 Å². The SMILES string of the molecule is CCOC(=O)C(C)NC(=O)c1ccccc1SCc1c(O[C@H](Cn2ccnc2)c2ccccc2)ccc2c1CCCC2=O. The van der Waals surface area contributed by atoms with Crippen LogP contribution < -0.4 is 10.1 Å². The molecule has 0 saturated carbocycles. The van der Waals surface area contributed by atoms with E-state index in [1.165, 1.54) is 11.8 Å². The van der Waals surface area contributed by atoms with E-state index in [0.29, 0.717) is 30.0 Å². The van der Waals surface area contributed by atoms with E-state index >= 15 is 0 Å². The number of carbonyl (C=O) groups is 3. The summed E-state index contributed by atoms with van der Waals surface area (Å²) in [5.74, 6) is 0.523. The number of ether oxygens (including phenoxy) is 2. The average Bonchev–Trinajstić information content (AvgIpc) is 3.54. The van der Waals surface area contributed by atoms with Crippen molar-refractivity contribution in [1.29, 1.82) is 0 Å². The van der Waals surface area contributed by atoms with Crippen molar-refractivity contribution in [3.8, 4) is 5.75 Å². The topological polar surface area (TPSA) is 99.5 Å². The van der Waals surface area contributed by atoms with Crippen LogP contribution in [0, 0.1) is 0 Å². The van der Waals surface area contributed by atoms with E-state index in [9.17, 15) is 14.4 Å². The molecule has 1 N–H and O–H groups in total. The van der Waals surface area contributed by atoms with Gasteiger partial charge in [0.25, 0.3) is 5.91 Å². The summed E-state index contributed by atoms with van der Waals surface area (Å²) in [5.41, 5.74) is 4.20. The maximum Gasteiger partial charge on any atom is 0.328 e. The minimum atomic E-state index is -0.775. The van der Waals surface area contributed by atoms with Gasteiger partial charge in [-0.25, -0.2) is 9.78 Å². The van der Waals surface area contributed by atoms with Gasteiger partial charge in [0.1, 0.15) is 17.9 Å². The summed E-state index contributed by atoms with van der Waals surface area (Å²) in [7, 11) is 0. The molecule has 1 amide bonds. The molecule has 0 fully saturated rings. The number of aromatic nitrogens is 2. The molecule has 1 aliphatic rings. The smallest absolute Gasteiger partial charge is 0.328 e. The van der Waals surface area contributed by atoms with Gasteiger partial charge < -0.3 is 19.4 Å². The molecule has 1 aliphatic carbocycles. The van der Waals surface area contributed by atoms with Gasteiger partial charge in [0.05, 0.1) is 25.0 Å². The molecular weight excluding hydrogens is 562 g/mol. The molecule has 43 heavy (non-hydrogen) atoms. The number of imidazole rings is 1. The molecule has 0 spiro atoms. The molecule has 3 aromatic carbocycles. The lowest BCUT2D eigenvalue weighted by atomic mass is 9.87. The first kappa shape index (κ1) is 30.1. The van der Waals surface area contributed by atoms with E-state index in [-0.39, 0.29) is 24.4 Å². The molecule has 1 heterocycles. The maximum atomic E-state index is 13.2. The van der Waals surface area contributed by atoms with Gasteiger partial charge in [-0.3, -0.25) is 9.59 Å². The molecule has 1 unspecified atom stereocenters. The van der Waals surface area contributed by atoms with Gasteiger partial charge in [-0.05, 0) is 62.1 Å². The maximum absolute atomic E-state index is 13.2. The van der Waals surface area contributed by atoms with Gasteiger partial charge in [0, 0.05) is 40.6 Å². The van der Waals surface area contributed by atoms with Crippen LogP contribution in [0.2, 0.25) is 0 Å². The molecule has 9 heteroatoms. The molecule has 0 aliphatic heterocycles. The van der Waals surface area contributed by atoms with E-state index in [2.05, 4.69) is 10.3 Å².